The van der Waals surface area contributed by atoms with Crippen molar-refractivity contribution in [3.8, 4) is 0 Å². The van der Waals surface area contributed by atoms with E-state index in [1.807, 2.05) is 25.1 Å². The van der Waals surface area contributed by atoms with Gasteiger partial charge in [0.1, 0.15) is 11.1 Å². The number of carbonyl (C=O) groups is 2. The summed E-state index contributed by atoms with van der Waals surface area (Å²) in [5.74, 6) is -1.73. The number of imide groups is 1. The minimum atomic E-state index is -1.30. The number of pyridine rings is 1. The van der Waals surface area contributed by atoms with Crippen molar-refractivity contribution in [2.45, 2.75) is 69.9 Å². The first-order valence-corrected chi connectivity index (χ1v) is 12.1. The number of aromatic nitrogens is 1. The van der Waals surface area contributed by atoms with Crippen LogP contribution in [0.1, 0.15) is 70.1 Å². The predicted molar refractivity (Wildman–Crippen MR) is 126 cm³/mol. The van der Waals surface area contributed by atoms with E-state index in [0.29, 0.717) is 37.4 Å². The lowest BCUT2D eigenvalue weighted by molar-refractivity contribution is 0.00894. The summed E-state index contributed by atoms with van der Waals surface area (Å²) in [7, 11) is 0. The molecule has 3 amide bonds. The van der Waals surface area contributed by atoms with Crippen LogP contribution < -0.4 is 5.43 Å². The summed E-state index contributed by atoms with van der Waals surface area (Å²) in [4.78, 5) is 32.1. The maximum Gasteiger partial charge on any atom is 0.419 e. The van der Waals surface area contributed by atoms with Gasteiger partial charge >= 0.3 is 12.1 Å². The second-order valence-electron chi connectivity index (χ2n) is 9.74. The van der Waals surface area contributed by atoms with E-state index in [9.17, 15) is 18.4 Å². The molecule has 0 aliphatic carbocycles. The Morgan fingerprint density at radius 3 is 2.54 bits per heavy atom. The second kappa shape index (κ2) is 9.89. The largest absolute Gasteiger partial charge is 0.440 e. The van der Waals surface area contributed by atoms with Gasteiger partial charge in [-0.1, -0.05) is 31.9 Å². The van der Waals surface area contributed by atoms with Crippen LogP contribution in [0, 0.1) is 11.6 Å². The quantitative estimate of drug-likeness (QED) is 0.585. The fourth-order valence-corrected chi connectivity index (χ4v) is 5.34. The zero-order chi connectivity index (χ0) is 25.2. The van der Waals surface area contributed by atoms with Crippen molar-refractivity contribution >= 4 is 12.1 Å². The third kappa shape index (κ3) is 4.61. The van der Waals surface area contributed by atoms with Crippen LogP contribution in [0.4, 0.5) is 18.4 Å². The lowest BCUT2D eigenvalue weighted by Gasteiger charge is -2.43. The summed E-state index contributed by atoms with van der Waals surface area (Å²) in [6.45, 7) is 6.57. The number of cyclic esters (lactones) is 1. The molecule has 2 aliphatic rings. The Morgan fingerprint density at radius 1 is 1.17 bits per heavy atom. The number of amides is 3. The van der Waals surface area contributed by atoms with E-state index in [-0.39, 0.29) is 0 Å². The van der Waals surface area contributed by atoms with Gasteiger partial charge < -0.3 is 4.74 Å². The lowest BCUT2D eigenvalue weighted by Crippen LogP contribution is -2.60. The zero-order valence-corrected chi connectivity index (χ0v) is 20.4. The molecule has 7 nitrogen and oxygen atoms in total. The molecule has 1 unspecified atom stereocenters. The molecule has 0 bridgehead atoms. The molecule has 188 valence electrons. The van der Waals surface area contributed by atoms with E-state index in [1.54, 1.807) is 25.1 Å². The number of ether oxygens (including phenoxy) is 1. The average Bonchev–Trinajstić information content (AvgIpc) is 3.05. The highest BCUT2D eigenvalue weighted by atomic mass is 19.2. The summed E-state index contributed by atoms with van der Waals surface area (Å²) in [6, 6.07) is 8.72. The number of unbranched alkanes of at least 4 members (excludes halogenated alkanes) is 1. The first-order chi connectivity index (χ1) is 16.7. The highest BCUT2D eigenvalue weighted by molar-refractivity contribution is 5.94. The minimum absolute atomic E-state index is 0.297. The van der Waals surface area contributed by atoms with Crippen LogP contribution in [0.2, 0.25) is 0 Å². The van der Waals surface area contributed by atoms with Crippen molar-refractivity contribution in [1.29, 1.82) is 0 Å². The molecular formula is C26H32F2N4O3. The number of nitrogens with one attached hydrogen (secondary N) is 1. The predicted octanol–water partition coefficient (Wildman–Crippen LogP) is 5.48. The number of benzene rings is 1. The summed E-state index contributed by atoms with van der Waals surface area (Å²) < 4.78 is 33.8. The van der Waals surface area contributed by atoms with Crippen molar-refractivity contribution < 1.29 is 23.1 Å². The number of carbonyl (C=O) groups excluding carboxylic acids is 2. The molecule has 1 atom stereocenters. The van der Waals surface area contributed by atoms with E-state index >= 15 is 0 Å². The molecule has 2 fully saturated rings. The standard InChI is InChI=1S/C26H32F2N4O3/c1-4-5-13-26(19-9-10-20(27)21(28)17-19)25(2,3)35-24(34)32(26)23(33)30-31-15-11-18(12-16-31)22-8-6-7-14-29-22/h6-10,14,17-18H,4-5,11-13,15-16H2,1-3H3,(H,30,33). The minimum Gasteiger partial charge on any atom is -0.440 e. The molecule has 0 saturated carbocycles. The molecule has 4 rings (SSSR count). The first-order valence-electron chi connectivity index (χ1n) is 12.1. The molecule has 1 aromatic heterocycles. The number of hydrogen-bond acceptors (Lipinski definition) is 5. The van der Waals surface area contributed by atoms with Crippen molar-refractivity contribution in [3.63, 3.8) is 0 Å². The number of hydrazine groups is 1. The molecular weight excluding hydrogens is 454 g/mol. The normalized spacial score (nSPS) is 22.8. The molecule has 2 aliphatic heterocycles. The molecule has 0 spiro atoms. The Bertz CT molecular complexity index is 1070. The maximum atomic E-state index is 14.3. The summed E-state index contributed by atoms with van der Waals surface area (Å²) in [5, 5.41) is 1.79. The van der Waals surface area contributed by atoms with Crippen molar-refractivity contribution in [1.82, 2.24) is 20.3 Å². The van der Waals surface area contributed by atoms with Gasteiger partial charge in [-0.05, 0) is 62.9 Å². The van der Waals surface area contributed by atoms with Gasteiger partial charge in [0.25, 0.3) is 0 Å². The second-order valence-corrected chi connectivity index (χ2v) is 9.74. The molecule has 0 radical (unpaired) electrons. The molecule has 1 N–H and O–H groups in total. The average molecular weight is 487 g/mol. The van der Waals surface area contributed by atoms with Gasteiger partial charge in [-0.2, -0.15) is 0 Å². The summed E-state index contributed by atoms with van der Waals surface area (Å²) in [5.41, 5.74) is 1.75. The summed E-state index contributed by atoms with van der Waals surface area (Å²) in [6.07, 6.45) is 4.36. The molecule has 2 aromatic rings. The Hall–Kier alpha value is -3.07. The van der Waals surface area contributed by atoms with E-state index in [4.69, 9.17) is 4.74 Å². The number of piperidine rings is 1. The van der Waals surface area contributed by atoms with Gasteiger partial charge in [0.15, 0.2) is 11.6 Å². The van der Waals surface area contributed by atoms with E-state index in [1.165, 1.54) is 6.07 Å². The first kappa shape index (κ1) is 25.0. The lowest BCUT2D eigenvalue weighted by atomic mass is 9.72. The fraction of sp³-hybridized carbons (Fsp3) is 0.500. The van der Waals surface area contributed by atoms with Crippen LogP contribution in [0.15, 0.2) is 42.6 Å². The van der Waals surface area contributed by atoms with Crippen molar-refractivity contribution in [2.75, 3.05) is 13.1 Å². The van der Waals surface area contributed by atoms with Gasteiger partial charge in [0.2, 0.25) is 0 Å². The summed E-state index contributed by atoms with van der Waals surface area (Å²) >= 11 is 0. The van der Waals surface area contributed by atoms with Gasteiger partial charge in [0.05, 0.1) is 0 Å². The molecule has 9 heteroatoms. The highest BCUT2D eigenvalue weighted by Crippen LogP contribution is 2.50. The smallest absolute Gasteiger partial charge is 0.419 e. The van der Waals surface area contributed by atoms with Crippen LogP contribution in [0.25, 0.3) is 0 Å². The maximum absolute atomic E-state index is 14.3. The number of nitrogens with zero attached hydrogens (tertiary/aromatic N) is 3. The van der Waals surface area contributed by atoms with Crippen LogP contribution in [-0.4, -0.2) is 45.7 Å². The third-order valence-corrected chi connectivity index (χ3v) is 7.25. The monoisotopic (exact) mass is 486 g/mol. The van der Waals surface area contributed by atoms with Crippen LogP contribution >= 0.6 is 0 Å². The van der Waals surface area contributed by atoms with Gasteiger partial charge in [-0.15, -0.1) is 0 Å². The zero-order valence-electron chi connectivity index (χ0n) is 20.4. The Morgan fingerprint density at radius 2 is 1.91 bits per heavy atom. The fourth-order valence-electron chi connectivity index (χ4n) is 5.34. The Balaban J connectivity index is 1.59. The Kier molecular flexibility index (Phi) is 7.07. The van der Waals surface area contributed by atoms with Gasteiger partial charge in [0, 0.05) is 30.9 Å². The van der Waals surface area contributed by atoms with Crippen molar-refractivity contribution in [3.05, 3.63) is 65.5 Å². The van der Waals surface area contributed by atoms with E-state index in [2.05, 4.69) is 10.4 Å². The highest BCUT2D eigenvalue weighted by Gasteiger charge is 2.63. The number of urea groups is 1. The van der Waals surface area contributed by atoms with Gasteiger partial charge in [-0.3, -0.25) is 10.4 Å². The van der Waals surface area contributed by atoms with Crippen molar-refractivity contribution in [2.24, 2.45) is 0 Å². The SMILES string of the molecule is CCCCC1(c2ccc(F)c(F)c2)N(C(=O)NN2CCC(c3ccccn3)CC2)C(=O)OC1(C)C. The van der Waals surface area contributed by atoms with E-state index in [0.717, 1.165) is 42.0 Å². The van der Waals surface area contributed by atoms with Crippen LogP contribution in [0.3, 0.4) is 0 Å². The topological polar surface area (TPSA) is 74.8 Å². The number of rotatable bonds is 6. The molecule has 2 saturated heterocycles. The number of hydrogen-bond donors (Lipinski definition) is 1. The molecule has 3 heterocycles. The molecule has 1 aromatic carbocycles. The van der Waals surface area contributed by atoms with E-state index < -0.39 is 34.9 Å². The Labute approximate surface area is 204 Å². The molecule has 35 heavy (non-hydrogen) atoms. The van der Waals surface area contributed by atoms with Crippen LogP contribution in [-0.2, 0) is 10.3 Å². The number of halogens is 2. The third-order valence-electron chi connectivity index (χ3n) is 7.25. The van der Waals surface area contributed by atoms with Crippen LogP contribution in [0.5, 0.6) is 0 Å². The van der Waals surface area contributed by atoms with Gasteiger partial charge in [-0.25, -0.2) is 28.3 Å².